The van der Waals surface area contributed by atoms with Gasteiger partial charge in [-0.05, 0) is 44.7 Å². The van der Waals surface area contributed by atoms with Crippen LogP contribution in [0, 0.1) is 20.8 Å². The molecular weight excluding hydrogens is 236 g/mol. The van der Waals surface area contributed by atoms with Crippen molar-refractivity contribution in [2.75, 3.05) is 6.61 Å². The lowest BCUT2D eigenvalue weighted by atomic mass is 10.1. The molecule has 0 radical (unpaired) electrons. The van der Waals surface area contributed by atoms with Crippen LogP contribution in [0.3, 0.4) is 0 Å². The van der Waals surface area contributed by atoms with E-state index in [9.17, 15) is 0 Å². The first kappa shape index (κ1) is 13.7. The quantitative estimate of drug-likeness (QED) is 0.739. The molecule has 0 aliphatic rings. The van der Waals surface area contributed by atoms with Crippen LogP contribution in [0.2, 0.25) is 0 Å². The average molecular weight is 258 g/mol. The lowest BCUT2D eigenvalue weighted by molar-refractivity contribution is 0.299. The van der Waals surface area contributed by atoms with Crippen LogP contribution in [0.5, 0.6) is 5.75 Å². The van der Waals surface area contributed by atoms with Crippen LogP contribution in [0.4, 0.5) is 0 Å². The summed E-state index contributed by atoms with van der Waals surface area (Å²) in [5.41, 5.74) is 3.75. The molecule has 0 aliphatic carbocycles. The topological polar surface area (TPSA) is 27.1 Å². The number of imidazole rings is 1. The molecule has 102 valence electrons. The van der Waals surface area contributed by atoms with Crippen LogP contribution in [0.15, 0.2) is 30.9 Å². The van der Waals surface area contributed by atoms with Crippen molar-refractivity contribution in [3.8, 4) is 5.75 Å². The first-order valence-corrected chi connectivity index (χ1v) is 6.83. The molecule has 0 saturated carbocycles. The molecule has 0 saturated heterocycles. The van der Waals surface area contributed by atoms with Gasteiger partial charge >= 0.3 is 0 Å². The van der Waals surface area contributed by atoms with Crippen LogP contribution in [0.1, 0.15) is 29.5 Å². The number of ether oxygens (including phenoxy) is 1. The zero-order valence-electron chi connectivity index (χ0n) is 12.0. The molecule has 0 N–H and O–H groups in total. The van der Waals surface area contributed by atoms with Crippen LogP contribution < -0.4 is 4.74 Å². The maximum atomic E-state index is 5.92. The van der Waals surface area contributed by atoms with E-state index < -0.39 is 0 Å². The van der Waals surface area contributed by atoms with E-state index in [0.29, 0.717) is 0 Å². The summed E-state index contributed by atoms with van der Waals surface area (Å²) < 4.78 is 8.02. The molecule has 1 aromatic heterocycles. The van der Waals surface area contributed by atoms with E-state index in [2.05, 4.69) is 42.5 Å². The Morgan fingerprint density at radius 3 is 2.47 bits per heavy atom. The van der Waals surface area contributed by atoms with Gasteiger partial charge < -0.3 is 9.30 Å². The van der Waals surface area contributed by atoms with Crippen LogP contribution in [-0.2, 0) is 6.54 Å². The third kappa shape index (κ3) is 3.85. The third-order valence-corrected chi connectivity index (χ3v) is 3.22. The zero-order valence-corrected chi connectivity index (χ0v) is 12.0. The van der Waals surface area contributed by atoms with E-state index in [4.69, 9.17) is 4.74 Å². The number of unbranched alkanes of at least 4 members (excludes halogenated alkanes) is 1. The van der Waals surface area contributed by atoms with E-state index in [-0.39, 0.29) is 0 Å². The highest BCUT2D eigenvalue weighted by Gasteiger charge is 2.04. The van der Waals surface area contributed by atoms with Gasteiger partial charge in [0.15, 0.2) is 0 Å². The molecule has 0 amide bonds. The van der Waals surface area contributed by atoms with Gasteiger partial charge in [-0.1, -0.05) is 17.7 Å². The van der Waals surface area contributed by atoms with Gasteiger partial charge in [-0.15, -0.1) is 0 Å². The monoisotopic (exact) mass is 258 g/mol. The molecule has 0 atom stereocenters. The van der Waals surface area contributed by atoms with Gasteiger partial charge in [-0.2, -0.15) is 0 Å². The Morgan fingerprint density at radius 2 is 1.84 bits per heavy atom. The Balaban J connectivity index is 1.77. The third-order valence-electron chi connectivity index (χ3n) is 3.22. The molecule has 0 unspecified atom stereocenters. The van der Waals surface area contributed by atoms with Crippen molar-refractivity contribution in [3.05, 3.63) is 47.5 Å². The summed E-state index contributed by atoms with van der Waals surface area (Å²) in [6.45, 7) is 8.13. The Kier molecular flexibility index (Phi) is 4.61. The fraction of sp³-hybridized carbons (Fsp3) is 0.438. The normalized spacial score (nSPS) is 10.7. The van der Waals surface area contributed by atoms with Gasteiger partial charge in [0, 0.05) is 18.9 Å². The second kappa shape index (κ2) is 6.41. The minimum atomic E-state index is 0.777. The van der Waals surface area contributed by atoms with E-state index in [1.807, 2.05) is 18.7 Å². The summed E-state index contributed by atoms with van der Waals surface area (Å²) in [5, 5.41) is 0. The Labute approximate surface area is 115 Å². The summed E-state index contributed by atoms with van der Waals surface area (Å²) in [5.74, 6) is 1.05. The predicted octanol–water partition coefficient (Wildman–Crippen LogP) is 3.67. The molecular formula is C16H22N2O. The van der Waals surface area contributed by atoms with Gasteiger partial charge in [0.2, 0.25) is 0 Å². The fourth-order valence-corrected chi connectivity index (χ4v) is 2.38. The van der Waals surface area contributed by atoms with E-state index >= 15 is 0 Å². The van der Waals surface area contributed by atoms with Gasteiger partial charge in [0.05, 0.1) is 12.9 Å². The van der Waals surface area contributed by atoms with Gasteiger partial charge in [-0.25, -0.2) is 4.98 Å². The second-order valence-electron chi connectivity index (χ2n) is 5.08. The van der Waals surface area contributed by atoms with Crippen molar-refractivity contribution in [1.82, 2.24) is 9.55 Å². The van der Waals surface area contributed by atoms with Crippen molar-refractivity contribution in [1.29, 1.82) is 0 Å². The highest BCUT2D eigenvalue weighted by molar-refractivity contribution is 5.42. The number of nitrogens with zero attached hydrogens (tertiary/aromatic N) is 2. The van der Waals surface area contributed by atoms with Crippen molar-refractivity contribution in [2.24, 2.45) is 0 Å². The van der Waals surface area contributed by atoms with E-state index in [1.165, 1.54) is 16.7 Å². The maximum Gasteiger partial charge on any atom is 0.125 e. The Hall–Kier alpha value is -1.77. The summed E-state index contributed by atoms with van der Waals surface area (Å²) in [6.07, 6.45) is 7.84. The summed E-state index contributed by atoms with van der Waals surface area (Å²) in [7, 11) is 0. The van der Waals surface area contributed by atoms with Crippen molar-refractivity contribution in [2.45, 2.75) is 40.2 Å². The highest BCUT2D eigenvalue weighted by Crippen LogP contribution is 2.24. The number of benzene rings is 1. The summed E-state index contributed by atoms with van der Waals surface area (Å²) in [6, 6.07) is 4.35. The molecule has 1 aromatic carbocycles. The molecule has 0 fully saturated rings. The highest BCUT2D eigenvalue weighted by atomic mass is 16.5. The number of aryl methyl sites for hydroxylation is 4. The first-order valence-electron chi connectivity index (χ1n) is 6.83. The SMILES string of the molecule is Cc1cc(C)c(OCCCCn2ccnc2)c(C)c1. The summed E-state index contributed by atoms with van der Waals surface area (Å²) in [4.78, 5) is 4.03. The Bertz CT molecular complexity index is 495. The molecule has 2 rings (SSSR count). The molecule has 3 heteroatoms. The first-order chi connectivity index (χ1) is 9.16. The number of rotatable bonds is 6. The maximum absolute atomic E-state index is 5.92. The molecule has 3 nitrogen and oxygen atoms in total. The average Bonchev–Trinajstić information content (AvgIpc) is 2.84. The van der Waals surface area contributed by atoms with Gasteiger partial charge in [-0.3, -0.25) is 0 Å². The smallest absolute Gasteiger partial charge is 0.125 e. The van der Waals surface area contributed by atoms with Crippen LogP contribution in [-0.4, -0.2) is 16.2 Å². The number of hydrogen-bond donors (Lipinski definition) is 0. The zero-order chi connectivity index (χ0) is 13.7. The fourth-order valence-electron chi connectivity index (χ4n) is 2.38. The van der Waals surface area contributed by atoms with Crippen molar-refractivity contribution < 1.29 is 4.74 Å². The Morgan fingerprint density at radius 1 is 1.11 bits per heavy atom. The standard InChI is InChI=1S/C16H22N2O/c1-13-10-14(2)16(15(3)11-13)19-9-5-4-7-18-8-6-17-12-18/h6,8,10-12H,4-5,7,9H2,1-3H3. The lowest BCUT2D eigenvalue weighted by Crippen LogP contribution is -2.03. The minimum Gasteiger partial charge on any atom is -0.493 e. The molecule has 2 aromatic rings. The summed E-state index contributed by atoms with van der Waals surface area (Å²) >= 11 is 0. The molecule has 0 spiro atoms. The van der Waals surface area contributed by atoms with Crippen LogP contribution in [0.25, 0.3) is 0 Å². The van der Waals surface area contributed by atoms with Crippen LogP contribution >= 0.6 is 0 Å². The molecule has 0 bridgehead atoms. The van der Waals surface area contributed by atoms with E-state index in [1.54, 1.807) is 0 Å². The lowest BCUT2D eigenvalue weighted by Gasteiger charge is -2.13. The number of hydrogen-bond acceptors (Lipinski definition) is 2. The molecule has 19 heavy (non-hydrogen) atoms. The minimum absolute atomic E-state index is 0.777. The predicted molar refractivity (Wildman–Crippen MR) is 77.6 cm³/mol. The van der Waals surface area contributed by atoms with Gasteiger partial charge in [0.1, 0.15) is 5.75 Å². The molecule has 0 aliphatic heterocycles. The van der Waals surface area contributed by atoms with Gasteiger partial charge in [0.25, 0.3) is 0 Å². The van der Waals surface area contributed by atoms with E-state index in [0.717, 1.165) is 31.7 Å². The second-order valence-corrected chi connectivity index (χ2v) is 5.08. The molecule has 1 heterocycles. The number of aromatic nitrogens is 2. The van der Waals surface area contributed by atoms with Crippen molar-refractivity contribution in [3.63, 3.8) is 0 Å². The largest absolute Gasteiger partial charge is 0.493 e. The van der Waals surface area contributed by atoms with Crippen molar-refractivity contribution >= 4 is 0 Å².